The fraction of sp³-hybridized carbons (Fsp3) is 0.350. The van der Waals surface area contributed by atoms with Gasteiger partial charge in [0.15, 0.2) is 6.61 Å². The summed E-state index contributed by atoms with van der Waals surface area (Å²) in [7, 11) is -2.18. The number of sulfonamides is 1. The van der Waals surface area contributed by atoms with Crippen molar-refractivity contribution < 1.29 is 22.7 Å². The van der Waals surface area contributed by atoms with Crippen LogP contribution in [0.5, 0.6) is 11.5 Å². The molecule has 0 saturated heterocycles. The van der Waals surface area contributed by atoms with Gasteiger partial charge < -0.3 is 14.8 Å². The van der Waals surface area contributed by atoms with Gasteiger partial charge in [-0.05, 0) is 55.2 Å². The number of amides is 1. The number of nitrogens with one attached hydrogen (secondary N) is 2. The third-order valence-electron chi connectivity index (χ3n) is 4.33. The van der Waals surface area contributed by atoms with E-state index in [1.165, 1.54) is 25.3 Å². The molecule has 0 heterocycles. The molecule has 0 atom stereocenters. The standard InChI is InChI=1S/C20H24N2O5S/c1-3-14-5-4-6-16(11-14)27-13-20(23)21-18-12-17(9-10-19(18)26-2)28(24,25)22-15-7-8-15/h4-6,9-12,15,22H,3,7-8,13H2,1-2H3,(H,21,23). The Morgan fingerprint density at radius 1 is 1.18 bits per heavy atom. The highest BCUT2D eigenvalue weighted by Crippen LogP contribution is 2.29. The first-order chi connectivity index (χ1) is 13.4. The molecule has 1 fully saturated rings. The smallest absolute Gasteiger partial charge is 0.262 e. The van der Waals surface area contributed by atoms with E-state index in [2.05, 4.69) is 10.0 Å². The highest BCUT2D eigenvalue weighted by Gasteiger charge is 2.28. The number of hydrogen-bond acceptors (Lipinski definition) is 5. The molecule has 1 saturated carbocycles. The lowest BCUT2D eigenvalue weighted by atomic mass is 10.2. The summed E-state index contributed by atoms with van der Waals surface area (Å²) in [6, 6.07) is 11.9. The summed E-state index contributed by atoms with van der Waals surface area (Å²) in [5.41, 5.74) is 1.39. The molecule has 0 spiro atoms. The van der Waals surface area contributed by atoms with Crippen molar-refractivity contribution in [2.75, 3.05) is 19.0 Å². The molecular weight excluding hydrogens is 380 g/mol. The molecule has 3 rings (SSSR count). The average molecular weight is 404 g/mol. The summed E-state index contributed by atoms with van der Waals surface area (Å²) < 4.78 is 38.2. The number of rotatable bonds is 9. The van der Waals surface area contributed by atoms with E-state index < -0.39 is 15.9 Å². The first-order valence-corrected chi connectivity index (χ1v) is 10.6. The van der Waals surface area contributed by atoms with Gasteiger partial charge in [-0.3, -0.25) is 4.79 Å². The molecule has 1 aliphatic carbocycles. The SMILES string of the molecule is CCc1cccc(OCC(=O)Nc2cc(S(=O)(=O)NC3CC3)ccc2OC)c1. The predicted molar refractivity (Wildman–Crippen MR) is 106 cm³/mol. The summed E-state index contributed by atoms with van der Waals surface area (Å²) >= 11 is 0. The molecule has 0 unspecified atom stereocenters. The Morgan fingerprint density at radius 2 is 1.96 bits per heavy atom. The van der Waals surface area contributed by atoms with Crippen LogP contribution in [0.3, 0.4) is 0 Å². The van der Waals surface area contributed by atoms with Crippen LogP contribution < -0.4 is 19.5 Å². The Hall–Kier alpha value is -2.58. The Kier molecular flexibility index (Phi) is 6.21. The molecule has 1 amide bonds. The van der Waals surface area contributed by atoms with Crippen molar-refractivity contribution in [3.63, 3.8) is 0 Å². The summed E-state index contributed by atoms with van der Waals surface area (Å²) in [5.74, 6) is 0.558. The van der Waals surface area contributed by atoms with E-state index >= 15 is 0 Å². The number of aryl methyl sites for hydroxylation is 1. The van der Waals surface area contributed by atoms with Gasteiger partial charge in [0.25, 0.3) is 5.91 Å². The predicted octanol–water partition coefficient (Wildman–Crippen LogP) is 2.72. The summed E-state index contributed by atoms with van der Waals surface area (Å²) in [5, 5.41) is 2.66. The van der Waals surface area contributed by atoms with Crippen LogP contribution >= 0.6 is 0 Å². The van der Waals surface area contributed by atoms with Gasteiger partial charge in [0.1, 0.15) is 11.5 Å². The van der Waals surface area contributed by atoms with Crippen molar-refractivity contribution in [1.82, 2.24) is 4.72 Å². The first kappa shape index (κ1) is 20.2. The van der Waals surface area contributed by atoms with Gasteiger partial charge in [-0.1, -0.05) is 19.1 Å². The zero-order valence-corrected chi connectivity index (χ0v) is 16.7. The minimum absolute atomic E-state index is 0.00238. The summed E-state index contributed by atoms with van der Waals surface area (Å²) in [6.45, 7) is 1.84. The monoisotopic (exact) mass is 404 g/mol. The van der Waals surface area contributed by atoms with Gasteiger partial charge in [-0.2, -0.15) is 0 Å². The maximum atomic E-state index is 12.4. The van der Waals surface area contributed by atoms with Crippen LogP contribution in [0.4, 0.5) is 5.69 Å². The third-order valence-corrected chi connectivity index (χ3v) is 5.85. The van der Waals surface area contributed by atoms with Crippen LogP contribution in [0.1, 0.15) is 25.3 Å². The highest BCUT2D eigenvalue weighted by atomic mass is 32.2. The molecular formula is C20H24N2O5S. The summed E-state index contributed by atoms with van der Waals surface area (Å²) in [4.78, 5) is 12.4. The molecule has 8 heteroatoms. The molecule has 28 heavy (non-hydrogen) atoms. The van der Waals surface area contributed by atoms with Gasteiger partial charge in [0.05, 0.1) is 17.7 Å². The molecule has 1 aliphatic rings. The molecule has 0 radical (unpaired) electrons. The van der Waals surface area contributed by atoms with E-state index in [0.29, 0.717) is 11.5 Å². The van der Waals surface area contributed by atoms with Gasteiger partial charge in [-0.15, -0.1) is 0 Å². The van der Waals surface area contributed by atoms with Crippen molar-refractivity contribution in [2.45, 2.75) is 37.1 Å². The van der Waals surface area contributed by atoms with E-state index in [4.69, 9.17) is 9.47 Å². The molecule has 2 aromatic carbocycles. The molecule has 7 nitrogen and oxygen atoms in total. The van der Waals surface area contributed by atoms with E-state index in [9.17, 15) is 13.2 Å². The van der Waals surface area contributed by atoms with Gasteiger partial charge >= 0.3 is 0 Å². The topological polar surface area (TPSA) is 93.7 Å². The second-order valence-electron chi connectivity index (χ2n) is 6.60. The van der Waals surface area contributed by atoms with E-state index in [1.54, 1.807) is 6.07 Å². The quantitative estimate of drug-likeness (QED) is 0.670. The molecule has 0 bridgehead atoms. The number of carbonyl (C=O) groups excluding carboxylic acids is 1. The maximum absolute atomic E-state index is 12.4. The first-order valence-electron chi connectivity index (χ1n) is 9.13. The van der Waals surface area contributed by atoms with E-state index in [-0.39, 0.29) is 23.2 Å². The molecule has 150 valence electrons. The third kappa shape index (κ3) is 5.24. The van der Waals surface area contributed by atoms with E-state index in [1.807, 2.05) is 25.1 Å². The lowest BCUT2D eigenvalue weighted by Crippen LogP contribution is -2.26. The van der Waals surface area contributed by atoms with Crippen LogP contribution in [0.15, 0.2) is 47.4 Å². The number of carbonyl (C=O) groups is 1. The Morgan fingerprint density at radius 3 is 2.64 bits per heavy atom. The zero-order valence-electron chi connectivity index (χ0n) is 15.9. The van der Waals surface area contributed by atoms with Gasteiger partial charge in [0, 0.05) is 6.04 Å². The Balaban J connectivity index is 1.69. The lowest BCUT2D eigenvalue weighted by Gasteiger charge is -2.13. The van der Waals surface area contributed by atoms with Crippen LogP contribution in [0, 0.1) is 0 Å². The minimum atomic E-state index is -3.63. The fourth-order valence-electron chi connectivity index (χ4n) is 2.63. The van der Waals surface area contributed by atoms with Crippen LogP contribution in [-0.2, 0) is 21.2 Å². The fourth-order valence-corrected chi connectivity index (χ4v) is 3.96. The number of benzene rings is 2. The van der Waals surface area contributed by atoms with Crippen molar-refractivity contribution in [2.24, 2.45) is 0 Å². The largest absolute Gasteiger partial charge is 0.495 e. The minimum Gasteiger partial charge on any atom is -0.495 e. The van der Waals surface area contributed by atoms with Crippen LogP contribution in [0.2, 0.25) is 0 Å². The van der Waals surface area contributed by atoms with Crippen molar-refractivity contribution >= 4 is 21.6 Å². The van der Waals surface area contributed by atoms with Gasteiger partial charge in [0.2, 0.25) is 10.0 Å². The van der Waals surface area contributed by atoms with Crippen molar-refractivity contribution in [3.05, 3.63) is 48.0 Å². The number of methoxy groups -OCH3 is 1. The maximum Gasteiger partial charge on any atom is 0.262 e. The molecule has 0 aliphatic heterocycles. The zero-order chi connectivity index (χ0) is 20.1. The highest BCUT2D eigenvalue weighted by molar-refractivity contribution is 7.89. The van der Waals surface area contributed by atoms with Crippen LogP contribution in [0.25, 0.3) is 0 Å². The normalized spacial score (nSPS) is 13.8. The molecule has 2 N–H and O–H groups in total. The number of hydrogen-bond donors (Lipinski definition) is 2. The second-order valence-corrected chi connectivity index (χ2v) is 8.31. The Labute approximate surface area is 165 Å². The molecule has 2 aromatic rings. The van der Waals surface area contributed by atoms with Crippen LogP contribution in [-0.4, -0.2) is 34.1 Å². The number of anilines is 1. The van der Waals surface area contributed by atoms with Gasteiger partial charge in [-0.25, -0.2) is 13.1 Å². The van der Waals surface area contributed by atoms with Crippen molar-refractivity contribution in [3.8, 4) is 11.5 Å². The van der Waals surface area contributed by atoms with Crippen molar-refractivity contribution in [1.29, 1.82) is 0 Å². The van der Waals surface area contributed by atoms with E-state index in [0.717, 1.165) is 24.8 Å². The average Bonchev–Trinajstić information content (AvgIpc) is 3.49. The molecule has 0 aromatic heterocycles. The Bertz CT molecular complexity index is 955. The second kappa shape index (κ2) is 8.62. The number of ether oxygens (including phenoxy) is 2. The summed E-state index contributed by atoms with van der Waals surface area (Å²) in [6.07, 6.45) is 2.56. The lowest BCUT2D eigenvalue weighted by molar-refractivity contribution is -0.118.